The minimum absolute atomic E-state index is 0.0159. The second-order valence-electron chi connectivity index (χ2n) is 12.0. The number of anilines is 1. The molecule has 1 aliphatic rings. The summed E-state index contributed by atoms with van der Waals surface area (Å²) in [6.45, 7) is 10.9. The standard InChI is InChI=1S/C30H33ClFN3O5S/c1-29(2,3)19-11-12-33-23(13-19)21-14-25-26(15-22(21)32)41(38,39)17-24(34-28(37)40-30(4,5)6)27(36)35(25)16-18-7-9-20(31)10-8-18/h7-15,24H,16-17H2,1-6H3,(H,34,37)/t24-/m0/s1. The molecule has 0 bridgehead atoms. The lowest BCUT2D eigenvalue weighted by molar-refractivity contribution is -0.120. The van der Waals surface area contributed by atoms with Crippen molar-refractivity contribution >= 4 is 39.1 Å². The third-order valence-electron chi connectivity index (χ3n) is 6.47. The van der Waals surface area contributed by atoms with Gasteiger partial charge in [0.05, 0.1) is 28.6 Å². The number of hydrogen-bond donors (Lipinski definition) is 1. The van der Waals surface area contributed by atoms with E-state index in [4.69, 9.17) is 16.3 Å². The molecular formula is C30H33ClFN3O5S. The van der Waals surface area contributed by atoms with E-state index in [9.17, 15) is 18.0 Å². The van der Waals surface area contributed by atoms with Gasteiger partial charge < -0.3 is 15.0 Å². The quantitative estimate of drug-likeness (QED) is 0.390. The third kappa shape index (κ3) is 7.05. The maximum absolute atomic E-state index is 15.6. The number of hydrogen-bond acceptors (Lipinski definition) is 6. The van der Waals surface area contributed by atoms with E-state index in [1.807, 2.05) is 26.8 Å². The average Bonchev–Trinajstić information content (AvgIpc) is 2.92. The first-order valence-corrected chi connectivity index (χ1v) is 15.1. The number of benzene rings is 2. The van der Waals surface area contributed by atoms with Crippen LogP contribution in [0.5, 0.6) is 0 Å². The van der Waals surface area contributed by atoms with E-state index in [-0.39, 0.29) is 28.1 Å². The summed E-state index contributed by atoms with van der Waals surface area (Å²) in [6, 6.07) is 11.0. The first-order valence-electron chi connectivity index (χ1n) is 13.0. The molecule has 4 rings (SSSR count). The Labute approximate surface area is 244 Å². The highest BCUT2D eigenvalue weighted by Crippen LogP contribution is 2.38. The fourth-order valence-corrected chi connectivity index (χ4v) is 6.16. The predicted octanol–water partition coefficient (Wildman–Crippen LogP) is 6.05. The van der Waals surface area contributed by atoms with Gasteiger partial charge >= 0.3 is 6.09 Å². The van der Waals surface area contributed by atoms with Gasteiger partial charge in [-0.25, -0.2) is 17.6 Å². The summed E-state index contributed by atoms with van der Waals surface area (Å²) in [5.74, 6) is -2.27. The van der Waals surface area contributed by atoms with Gasteiger partial charge in [-0.3, -0.25) is 9.78 Å². The molecule has 3 aromatic rings. The van der Waals surface area contributed by atoms with Crippen LogP contribution in [-0.2, 0) is 31.3 Å². The molecule has 1 atom stereocenters. The zero-order valence-electron chi connectivity index (χ0n) is 23.8. The number of carbonyl (C=O) groups excluding carboxylic acids is 2. The summed E-state index contributed by atoms with van der Waals surface area (Å²) in [7, 11) is -4.25. The van der Waals surface area contributed by atoms with E-state index in [0.717, 1.165) is 11.6 Å². The fraction of sp³-hybridized carbons (Fsp3) is 0.367. The lowest BCUT2D eigenvalue weighted by Crippen LogP contribution is -2.51. The Morgan fingerprint density at radius 3 is 2.37 bits per heavy atom. The number of sulfone groups is 1. The second kappa shape index (κ2) is 11.1. The summed E-state index contributed by atoms with van der Waals surface area (Å²) in [5, 5.41) is 2.89. The van der Waals surface area contributed by atoms with Crippen molar-refractivity contribution in [1.82, 2.24) is 10.3 Å². The molecule has 2 heterocycles. The zero-order valence-corrected chi connectivity index (χ0v) is 25.4. The van der Waals surface area contributed by atoms with E-state index in [2.05, 4.69) is 10.3 Å². The molecule has 0 fully saturated rings. The number of pyridine rings is 1. The lowest BCUT2D eigenvalue weighted by atomic mass is 9.87. The third-order valence-corrected chi connectivity index (χ3v) is 8.49. The molecule has 1 aromatic heterocycles. The first kappa shape index (κ1) is 30.5. The molecule has 0 spiro atoms. The van der Waals surface area contributed by atoms with Gasteiger partial charge in [-0.1, -0.05) is 44.5 Å². The van der Waals surface area contributed by atoms with Crippen molar-refractivity contribution in [2.24, 2.45) is 0 Å². The predicted molar refractivity (Wildman–Crippen MR) is 156 cm³/mol. The molecular weight excluding hydrogens is 569 g/mol. The Bertz CT molecular complexity index is 1600. The van der Waals surface area contributed by atoms with Gasteiger partial charge in [0.1, 0.15) is 17.5 Å². The van der Waals surface area contributed by atoms with Crippen molar-refractivity contribution < 1.29 is 27.1 Å². The van der Waals surface area contributed by atoms with Crippen LogP contribution in [0.15, 0.2) is 59.6 Å². The summed E-state index contributed by atoms with van der Waals surface area (Å²) < 4.78 is 48.1. The highest BCUT2D eigenvalue weighted by molar-refractivity contribution is 7.91. The molecule has 1 N–H and O–H groups in total. The molecule has 11 heteroatoms. The topological polar surface area (TPSA) is 106 Å². The van der Waals surface area contributed by atoms with Gasteiger partial charge in [0.15, 0.2) is 9.84 Å². The molecule has 0 saturated heterocycles. The highest BCUT2D eigenvalue weighted by Gasteiger charge is 2.40. The van der Waals surface area contributed by atoms with Gasteiger partial charge in [-0.15, -0.1) is 0 Å². The van der Waals surface area contributed by atoms with Crippen LogP contribution in [0.4, 0.5) is 14.9 Å². The Morgan fingerprint density at radius 1 is 1.10 bits per heavy atom. The van der Waals surface area contributed by atoms with Crippen LogP contribution in [0.3, 0.4) is 0 Å². The number of nitrogens with one attached hydrogen (secondary N) is 1. The number of fused-ring (bicyclic) bond motifs is 1. The van der Waals surface area contributed by atoms with Crippen molar-refractivity contribution in [3.63, 3.8) is 0 Å². The minimum atomic E-state index is -4.25. The van der Waals surface area contributed by atoms with Crippen LogP contribution in [0.1, 0.15) is 52.7 Å². The largest absolute Gasteiger partial charge is 0.444 e. The lowest BCUT2D eigenvalue weighted by Gasteiger charge is -2.27. The van der Waals surface area contributed by atoms with Crippen LogP contribution in [-0.4, -0.2) is 42.8 Å². The number of aromatic nitrogens is 1. The monoisotopic (exact) mass is 601 g/mol. The van der Waals surface area contributed by atoms with E-state index >= 15 is 4.39 Å². The Hall–Kier alpha value is -3.50. The van der Waals surface area contributed by atoms with Crippen molar-refractivity contribution in [1.29, 1.82) is 0 Å². The fourth-order valence-electron chi connectivity index (χ4n) is 4.42. The highest BCUT2D eigenvalue weighted by atomic mass is 35.5. The summed E-state index contributed by atoms with van der Waals surface area (Å²) in [4.78, 5) is 31.8. The Balaban J connectivity index is 1.88. The van der Waals surface area contributed by atoms with Crippen LogP contribution < -0.4 is 10.2 Å². The molecule has 8 nitrogen and oxygen atoms in total. The Morgan fingerprint density at radius 2 is 1.76 bits per heavy atom. The summed E-state index contributed by atoms with van der Waals surface area (Å²) >= 11 is 6.04. The molecule has 0 unspecified atom stereocenters. The van der Waals surface area contributed by atoms with Gasteiger partial charge in [-0.05, 0) is 73.7 Å². The van der Waals surface area contributed by atoms with E-state index in [1.165, 1.54) is 11.0 Å². The molecule has 41 heavy (non-hydrogen) atoms. The maximum Gasteiger partial charge on any atom is 0.408 e. The average molecular weight is 602 g/mol. The van der Waals surface area contributed by atoms with Gasteiger partial charge in [-0.2, -0.15) is 0 Å². The molecule has 2 amide bonds. The number of alkyl carbamates (subject to hydrolysis) is 1. The molecule has 0 saturated carbocycles. The Kier molecular flexibility index (Phi) is 8.21. The number of carbonyl (C=O) groups is 2. The molecule has 2 aromatic carbocycles. The maximum atomic E-state index is 15.6. The van der Waals surface area contributed by atoms with Crippen molar-refractivity contribution in [2.75, 3.05) is 10.7 Å². The summed E-state index contributed by atoms with van der Waals surface area (Å²) in [5.41, 5.74) is 0.732. The number of halogens is 2. The summed E-state index contributed by atoms with van der Waals surface area (Å²) in [6.07, 6.45) is 0.619. The SMILES string of the molecule is CC(C)(C)OC(=O)N[C@H]1CS(=O)(=O)c2cc(F)c(-c3cc(C(C)(C)C)ccn3)cc2N(Cc2ccc(Cl)cc2)C1=O. The van der Waals surface area contributed by atoms with E-state index in [1.54, 1.807) is 57.3 Å². The molecule has 0 aliphatic carbocycles. The number of amides is 2. The number of ether oxygens (including phenoxy) is 1. The van der Waals surface area contributed by atoms with Crippen molar-refractivity contribution in [2.45, 2.75) is 70.0 Å². The first-order chi connectivity index (χ1) is 18.9. The van der Waals surface area contributed by atoms with Crippen LogP contribution >= 0.6 is 11.6 Å². The van der Waals surface area contributed by atoms with Crippen LogP contribution in [0.2, 0.25) is 5.02 Å². The normalized spacial score (nSPS) is 17.0. The van der Waals surface area contributed by atoms with Gasteiger partial charge in [0, 0.05) is 16.8 Å². The minimum Gasteiger partial charge on any atom is -0.444 e. The van der Waals surface area contributed by atoms with E-state index < -0.39 is 45.1 Å². The number of rotatable bonds is 4. The van der Waals surface area contributed by atoms with Gasteiger partial charge in [0.25, 0.3) is 5.91 Å². The smallest absolute Gasteiger partial charge is 0.408 e. The molecule has 0 radical (unpaired) electrons. The second-order valence-corrected chi connectivity index (χ2v) is 14.4. The molecule has 1 aliphatic heterocycles. The van der Waals surface area contributed by atoms with Crippen LogP contribution in [0, 0.1) is 5.82 Å². The van der Waals surface area contributed by atoms with Crippen LogP contribution in [0.25, 0.3) is 11.3 Å². The van der Waals surface area contributed by atoms with Gasteiger partial charge in [0.2, 0.25) is 0 Å². The molecule has 218 valence electrons. The number of nitrogens with zero attached hydrogens (tertiary/aromatic N) is 2. The van der Waals surface area contributed by atoms with Crippen molar-refractivity contribution in [3.8, 4) is 11.3 Å². The zero-order chi connectivity index (χ0) is 30.3. The van der Waals surface area contributed by atoms with Crippen molar-refractivity contribution in [3.05, 3.63) is 76.7 Å². The van der Waals surface area contributed by atoms with E-state index in [0.29, 0.717) is 16.3 Å².